The van der Waals surface area contributed by atoms with Crippen LogP contribution in [0.1, 0.15) is 41.6 Å². The summed E-state index contributed by atoms with van der Waals surface area (Å²) >= 11 is 0. The summed E-state index contributed by atoms with van der Waals surface area (Å²) in [5.74, 6) is 0.183. The molecular weight excluding hydrogens is 373 g/mol. The van der Waals surface area contributed by atoms with Crippen molar-refractivity contribution in [2.24, 2.45) is 0 Å². The molecule has 30 heavy (non-hydrogen) atoms. The first-order valence-electron chi connectivity index (χ1n) is 10.5. The van der Waals surface area contributed by atoms with Crippen molar-refractivity contribution in [2.75, 3.05) is 13.1 Å². The molecule has 0 amide bonds. The fourth-order valence-electron chi connectivity index (χ4n) is 4.63. The molecule has 0 N–H and O–H groups in total. The fourth-order valence-corrected chi connectivity index (χ4v) is 4.63. The summed E-state index contributed by atoms with van der Waals surface area (Å²) in [5, 5.41) is 1.14. The van der Waals surface area contributed by atoms with Crippen molar-refractivity contribution in [1.82, 2.24) is 14.9 Å². The number of rotatable bonds is 4. The van der Waals surface area contributed by atoms with Crippen LogP contribution in [0, 0.1) is 5.82 Å². The number of nitrogens with zero attached hydrogens (tertiary/aromatic N) is 3. The van der Waals surface area contributed by atoms with Crippen molar-refractivity contribution in [3.8, 4) is 0 Å². The summed E-state index contributed by atoms with van der Waals surface area (Å²) in [6, 6.07) is 23.9. The van der Waals surface area contributed by atoms with Crippen molar-refractivity contribution in [2.45, 2.75) is 24.8 Å². The minimum absolute atomic E-state index is 0.0687. The number of piperidine rings is 1. The minimum atomic E-state index is -0.0853. The maximum Gasteiger partial charge on any atom is 0.126 e. The van der Waals surface area contributed by atoms with Gasteiger partial charge in [0.05, 0.1) is 17.3 Å². The van der Waals surface area contributed by atoms with Crippen LogP contribution in [0.25, 0.3) is 10.9 Å². The summed E-state index contributed by atoms with van der Waals surface area (Å²) in [6.07, 6.45) is 5.57. The van der Waals surface area contributed by atoms with Gasteiger partial charge in [-0.2, -0.15) is 0 Å². The van der Waals surface area contributed by atoms with E-state index >= 15 is 0 Å². The number of fused-ring (bicyclic) bond motifs is 1. The van der Waals surface area contributed by atoms with Gasteiger partial charge in [-0.25, -0.2) is 4.39 Å². The van der Waals surface area contributed by atoms with Gasteiger partial charge in [0.2, 0.25) is 0 Å². The van der Waals surface area contributed by atoms with Gasteiger partial charge in [-0.15, -0.1) is 0 Å². The molecule has 1 saturated heterocycles. The maximum absolute atomic E-state index is 14.3. The van der Waals surface area contributed by atoms with Crippen LogP contribution in [0.2, 0.25) is 0 Å². The average Bonchev–Trinajstić information content (AvgIpc) is 2.81. The Hall–Kier alpha value is -3.11. The Balaban J connectivity index is 1.45. The van der Waals surface area contributed by atoms with Crippen LogP contribution in [-0.2, 0) is 0 Å². The number of hydrogen-bond donors (Lipinski definition) is 0. The predicted octanol–water partition coefficient (Wildman–Crippen LogP) is 5.74. The van der Waals surface area contributed by atoms with Gasteiger partial charge in [0.1, 0.15) is 5.82 Å². The molecule has 0 spiro atoms. The molecule has 0 aliphatic carbocycles. The Labute approximate surface area is 176 Å². The highest BCUT2D eigenvalue weighted by atomic mass is 19.1. The van der Waals surface area contributed by atoms with E-state index < -0.39 is 0 Å². The first kappa shape index (κ1) is 18.9. The molecule has 5 rings (SSSR count). The number of benzene rings is 2. The lowest BCUT2D eigenvalue weighted by Crippen LogP contribution is -2.37. The van der Waals surface area contributed by atoms with E-state index in [-0.39, 0.29) is 17.8 Å². The zero-order valence-electron chi connectivity index (χ0n) is 16.8. The molecule has 0 bridgehead atoms. The number of pyridine rings is 2. The molecule has 1 fully saturated rings. The van der Waals surface area contributed by atoms with Gasteiger partial charge in [0.25, 0.3) is 0 Å². The number of halogens is 1. The van der Waals surface area contributed by atoms with Crippen molar-refractivity contribution >= 4 is 10.9 Å². The van der Waals surface area contributed by atoms with Crippen LogP contribution < -0.4 is 0 Å². The molecule has 3 heterocycles. The fraction of sp³-hybridized carbons (Fsp3) is 0.231. The van der Waals surface area contributed by atoms with Crippen molar-refractivity contribution in [3.63, 3.8) is 0 Å². The Bertz CT molecular complexity index is 1140. The van der Waals surface area contributed by atoms with Gasteiger partial charge in [0, 0.05) is 17.8 Å². The number of aromatic nitrogens is 2. The highest BCUT2D eigenvalue weighted by molar-refractivity contribution is 5.79. The highest BCUT2D eigenvalue weighted by Gasteiger charge is 2.29. The minimum Gasteiger partial charge on any atom is -0.291 e. The average molecular weight is 397 g/mol. The van der Waals surface area contributed by atoms with E-state index in [1.165, 1.54) is 5.56 Å². The van der Waals surface area contributed by atoms with Crippen LogP contribution in [0.5, 0.6) is 0 Å². The lowest BCUT2D eigenvalue weighted by Gasteiger charge is -2.38. The molecule has 0 saturated carbocycles. The molecule has 3 nitrogen and oxygen atoms in total. The molecule has 150 valence electrons. The lowest BCUT2D eigenvalue weighted by molar-refractivity contribution is 0.170. The van der Waals surface area contributed by atoms with Crippen LogP contribution in [0.15, 0.2) is 85.2 Å². The highest BCUT2D eigenvalue weighted by Crippen LogP contribution is 2.36. The number of hydrogen-bond acceptors (Lipinski definition) is 3. The van der Waals surface area contributed by atoms with E-state index in [1.54, 1.807) is 12.1 Å². The van der Waals surface area contributed by atoms with E-state index in [2.05, 4.69) is 45.2 Å². The van der Waals surface area contributed by atoms with Gasteiger partial charge in [0.15, 0.2) is 0 Å². The summed E-state index contributed by atoms with van der Waals surface area (Å²) < 4.78 is 14.3. The van der Waals surface area contributed by atoms with Crippen LogP contribution in [0.3, 0.4) is 0 Å². The molecule has 1 aliphatic rings. The van der Waals surface area contributed by atoms with E-state index in [0.29, 0.717) is 0 Å². The third kappa shape index (κ3) is 3.71. The molecule has 1 aliphatic heterocycles. The first-order valence-corrected chi connectivity index (χ1v) is 10.5. The Morgan fingerprint density at radius 3 is 2.43 bits per heavy atom. The van der Waals surface area contributed by atoms with Crippen molar-refractivity contribution in [3.05, 3.63) is 108 Å². The molecule has 2 aromatic carbocycles. The first-order chi connectivity index (χ1) is 14.8. The third-order valence-electron chi connectivity index (χ3n) is 6.15. The zero-order chi connectivity index (χ0) is 20.3. The van der Waals surface area contributed by atoms with E-state index in [9.17, 15) is 4.39 Å². The summed E-state index contributed by atoms with van der Waals surface area (Å²) in [6.45, 7) is 1.81. The van der Waals surface area contributed by atoms with Crippen molar-refractivity contribution in [1.29, 1.82) is 0 Å². The smallest absolute Gasteiger partial charge is 0.126 e. The molecule has 1 atom stereocenters. The van der Waals surface area contributed by atoms with Gasteiger partial charge < -0.3 is 0 Å². The molecule has 4 aromatic rings. The van der Waals surface area contributed by atoms with Crippen molar-refractivity contribution < 1.29 is 4.39 Å². The topological polar surface area (TPSA) is 29.0 Å². The van der Waals surface area contributed by atoms with Gasteiger partial charge in [-0.3, -0.25) is 14.9 Å². The van der Waals surface area contributed by atoms with Crippen LogP contribution in [0.4, 0.5) is 4.39 Å². The predicted molar refractivity (Wildman–Crippen MR) is 118 cm³/mol. The third-order valence-corrected chi connectivity index (χ3v) is 6.15. The zero-order valence-corrected chi connectivity index (χ0v) is 16.8. The van der Waals surface area contributed by atoms with Crippen LogP contribution in [-0.4, -0.2) is 28.0 Å². The molecule has 4 heteroatoms. The Morgan fingerprint density at radius 1 is 0.833 bits per heavy atom. The Morgan fingerprint density at radius 2 is 1.63 bits per heavy atom. The molecular formula is C26H24FN3. The van der Waals surface area contributed by atoms with E-state index in [4.69, 9.17) is 0 Å². The second kappa shape index (κ2) is 8.33. The SMILES string of the molecule is Fc1ccccc1C1CCN(C(c2ccc3cccnc3c2)c2ccccn2)CC1. The normalized spacial score (nSPS) is 16.6. The summed E-state index contributed by atoms with van der Waals surface area (Å²) in [4.78, 5) is 11.7. The second-order valence-electron chi connectivity index (χ2n) is 7.94. The molecule has 0 radical (unpaired) electrons. The van der Waals surface area contributed by atoms with Crippen LogP contribution >= 0.6 is 0 Å². The number of likely N-dealkylation sites (tertiary alicyclic amines) is 1. The quantitative estimate of drug-likeness (QED) is 0.440. The lowest BCUT2D eigenvalue weighted by atomic mass is 9.87. The monoisotopic (exact) mass is 397 g/mol. The van der Waals surface area contributed by atoms with Gasteiger partial charge >= 0.3 is 0 Å². The van der Waals surface area contributed by atoms with E-state index in [0.717, 1.165) is 48.1 Å². The largest absolute Gasteiger partial charge is 0.291 e. The molecule has 2 aromatic heterocycles. The van der Waals surface area contributed by atoms with Gasteiger partial charge in [-0.05, 0) is 73.3 Å². The maximum atomic E-state index is 14.3. The Kier molecular flexibility index (Phi) is 5.24. The summed E-state index contributed by atoms with van der Waals surface area (Å²) in [7, 11) is 0. The molecule has 1 unspecified atom stereocenters. The van der Waals surface area contributed by atoms with E-state index in [1.807, 2.05) is 42.7 Å². The van der Waals surface area contributed by atoms with Gasteiger partial charge in [-0.1, -0.05) is 42.5 Å². The second-order valence-corrected chi connectivity index (χ2v) is 7.94. The summed E-state index contributed by atoms with van der Waals surface area (Å²) in [5.41, 5.74) is 4.08. The standard InChI is InChI=1S/C26H24FN3/c27-23-8-2-1-7-22(23)19-12-16-30(17-13-19)26(24-9-3-4-14-28-24)21-11-10-20-6-5-15-29-25(20)18-21/h1-11,14-15,18-19,26H,12-13,16-17H2.